The molecule has 0 saturated heterocycles. The molecule has 0 amide bonds. The maximum Gasteiger partial charge on any atom is 0.123 e. The van der Waals surface area contributed by atoms with Gasteiger partial charge < -0.3 is 10.8 Å². The summed E-state index contributed by atoms with van der Waals surface area (Å²) in [6.45, 7) is 2.36. The van der Waals surface area contributed by atoms with Crippen molar-refractivity contribution in [3.8, 4) is 0 Å². The molecule has 3 N–H and O–H groups in total. The molecule has 2 aromatic carbocycles. The Bertz CT molecular complexity index is 559. The molecule has 0 aliphatic rings. The van der Waals surface area contributed by atoms with E-state index in [0.717, 1.165) is 17.5 Å². The van der Waals surface area contributed by atoms with Crippen LogP contribution in [0, 0.1) is 5.82 Å². The molecule has 0 heterocycles. The molecule has 0 aromatic heterocycles. The summed E-state index contributed by atoms with van der Waals surface area (Å²) in [6, 6.07) is 14.6. The van der Waals surface area contributed by atoms with Crippen molar-refractivity contribution in [1.29, 1.82) is 0 Å². The van der Waals surface area contributed by atoms with E-state index >= 15 is 0 Å². The zero-order valence-corrected chi connectivity index (χ0v) is 12.3. The summed E-state index contributed by atoms with van der Waals surface area (Å²) in [7, 11) is 0. The van der Waals surface area contributed by atoms with Gasteiger partial charge in [0.15, 0.2) is 0 Å². The van der Waals surface area contributed by atoms with Crippen molar-refractivity contribution in [2.24, 2.45) is 5.73 Å². The van der Waals surface area contributed by atoms with Crippen LogP contribution in [0.2, 0.25) is 0 Å². The first-order valence-corrected chi connectivity index (χ1v) is 7.28. The van der Waals surface area contributed by atoms with Crippen LogP contribution in [0.4, 0.5) is 4.39 Å². The first-order valence-electron chi connectivity index (χ1n) is 7.28. The van der Waals surface area contributed by atoms with Gasteiger partial charge in [-0.1, -0.05) is 43.3 Å². The third-order valence-corrected chi connectivity index (χ3v) is 4.12. The summed E-state index contributed by atoms with van der Waals surface area (Å²) in [5.74, 6) is -0.282. The van der Waals surface area contributed by atoms with Gasteiger partial charge in [-0.2, -0.15) is 0 Å². The predicted molar refractivity (Wildman–Crippen MR) is 83.7 cm³/mol. The molecule has 1 atom stereocenters. The van der Waals surface area contributed by atoms with Gasteiger partial charge in [0, 0.05) is 12.0 Å². The van der Waals surface area contributed by atoms with Crippen molar-refractivity contribution in [2.75, 3.05) is 13.2 Å². The van der Waals surface area contributed by atoms with Crippen LogP contribution in [-0.4, -0.2) is 18.3 Å². The van der Waals surface area contributed by atoms with Crippen molar-refractivity contribution >= 4 is 0 Å². The van der Waals surface area contributed by atoms with Crippen molar-refractivity contribution < 1.29 is 9.50 Å². The van der Waals surface area contributed by atoms with Crippen molar-refractivity contribution in [1.82, 2.24) is 0 Å². The summed E-state index contributed by atoms with van der Waals surface area (Å²) < 4.78 is 13.1. The number of halogens is 1. The monoisotopic (exact) mass is 287 g/mol. The Kier molecular flexibility index (Phi) is 5.10. The minimum Gasteiger partial charge on any atom is -0.395 e. The van der Waals surface area contributed by atoms with Crippen molar-refractivity contribution in [3.63, 3.8) is 0 Å². The molecule has 0 saturated carbocycles. The molecule has 21 heavy (non-hydrogen) atoms. The van der Waals surface area contributed by atoms with Crippen molar-refractivity contribution in [2.45, 2.75) is 25.2 Å². The van der Waals surface area contributed by atoms with Gasteiger partial charge in [0.05, 0.1) is 6.61 Å². The average molecular weight is 287 g/mol. The van der Waals surface area contributed by atoms with E-state index in [2.05, 4.69) is 31.2 Å². The average Bonchev–Trinajstić information content (AvgIpc) is 2.54. The van der Waals surface area contributed by atoms with E-state index < -0.39 is 5.41 Å². The van der Waals surface area contributed by atoms with Crippen LogP contribution in [0.1, 0.15) is 23.6 Å². The standard InChI is InChI=1S/C18H22FNO/c1-2-14-3-5-15(6-4-14)11-18(12-20,13-21)16-7-9-17(19)10-8-16/h3-10,21H,2,11-13,20H2,1H3. The fraction of sp³-hybridized carbons (Fsp3) is 0.333. The lowest BCUT2D eigenvalue weighted by Crippen LogP contribution is -2.41. The molecule has 0 spiro atoms. The number of hydrogen-bond acceptors (Lipinski definition) is 2. The summed E-state index contributed by atoms with van der Waals surface area (Å²) >= 11 is 0. The molecule has 0 bridgehead atoms. The van der Waals surface area contributed by atoms with Gasteiger partial charge in [0.1, 0.15) is 5.82 Å². The lowest BCUT2D eigenvalue weighted by molar-refractivity contribution is 0.196. The highest BCUT2D eigenvalue weighted by Crippen LogP contribution is 2.28. The van der Waals surface area contributed by atoms with E-state index in [-0.39, 0.29) is 12.4 Å². The largest absolute Gasteiger partial charge is 0.395 e. The lowest BCUT2D eigenvalue weighted by atomic mass is 9.76. The molecule has 2 nitrogen and oxygen atoms in total. The van der Waals surface area contributed by atoms with E-state index in [0.29, 0.717) is 13.0 Å². The number of nitrogens with two attached hydrogens (primary N) is 1. The minimum absolute atomic E-state index is 0.0648. The smallest absolute Gasteiger partial charge is 0.123 e. The number of aliphatic hydroxyl groups excluding tert-OH is 1. The van der Waals surface area contributed by atoms with Crippen LogP contribution in [0.25, 0.3) is 0 Å². The topological polar surface area (TPSA) is 46.2 Å². The zero-order valence-electron chi connectivity index (χ0n) is 12.3. The molecule has 1 unspecified atom stereocenters. The Labute approximate surface area is 125 Å². The van der Waals surface area contributed by atoms with Gasteiger partial charge in [-0.15, -0.1) is 0 Å². The number of rotatable bonds is 6. The number of benzene rings is 2. The Hall–Kier alpha value is -1.71. The summed E-state index contributed by atoms with van der Waals surface area (Å²) in [5, 5.41) is 9.89. The third kappa shape index (κ3) is 3.49. The number of aliphatic hydroxyl groups is 1. The van der Waals surface area contributed by atoms with E-state index in [1.165, 1.54) is 17.7 Å². The Morgan fingerprint density at radius 1 is 1.00 bits per heavy atom. The van der Waals surface area contributed by atoms with Gasteiger partial charge in [-0.05, 0) is 41.7 Å². The molecular weight excluding hydrogens is 265 g/mol. The van der Waals surface area contributed by atoms with Crippen LogP contribution < -0.4 is 5.73 Å². The van der Waals surface area contributed by atoms with Crippen LogP contribution in [0.5, 0.6) is 0 Å². The molecule has 2 rings (SSSR count). The summed E-state index contributed by atoms with van der Waals surface area (Å²) in [4.78, 5) is 0. The predicted octanol–water partition coefficient (Wildman–Crippen LogP) is 2.82. The van der Waals surface area contributed by atoms with E-state index in [1.807, 2.05) is 0 Å². The van der Waals surface area contributed by atoms with Gasteiger partial charge >= 0.3 is 0 Å². The Balaban J connectivity index is 2.30. The molecule has 112 valence electrons. The second-order valence-corrected chi connectivity index (χ2v) is 5.50. The van der Waals surface area contributed by atoms with Gasteiger partial charge in [-0.3, -0.25) is 0 Å². The highest BCUT2D eigenvalue weighted by atomic mass is 19.1. The van der Waals surface area contributed by atoms with Crippen LogP contribution in [0.15, 0.2) is 48.5 Å². The van der Waals surface area contributed by atoms with Gasteiger partial charge in [0.2, 0.25) is 0 Å². The molecular formula is C18H22FNO. The van der Waals surface area contributed by atoms with Crippen LogP contribution in [-0.2, 0) is 18.3 Å². The van der Waals surface area contributed by atoms with Crippen LogP contribution >= 0.6 is 0 Å². The highest BCUT2D eigenvalue weighted by molar-refractivity contribution is 5.32. The number of aryl methyl sites for hydroxylation is 1. The molecule has 2 aromatic rings. The minimum atomic E-state index is -0.568. The van der Waals surface area contributed by atoms with Crippen molar-refractivity contribution in [3.05, 3.63) is 71.0 Å². The fourth-order valence-electron chi connectivity index (χ4n) is 2.59. The quantitative estimate of drug-likeness (QED) is 0.858. The Morgan fingerprint density at radius 3 is 2.05 bits per heavy atom. The number of hydrogen-bond donors (Lipinski definition) is 2. The maximum atomic E-state index is 13.1. The van der Waals surface area contributed by atoms with E-state index in [9.17, 15) is 9.50 Å². The molecule has 3 heteroatoms. The fourth-order valence-corrected chi connectivity index (χ4v) is 2.59. The normalized spacial score (nSPS) is 13.9. The van der Waals surface area contributed by atoms with Gasteiger partial charge in [-0.25, -0.2) is 4.39 Å². The second-order valence-electron chi connectivity index (χ2n) is 5.50. The maximum absolute atomic E-state index is 13.1. The summed E-state index contributed by atoms with van der Waals surface area (Å²) in [6.07, 6.45) is 1.63. The third-order valence-electron chi connectivity index (χ3n) is 4.12. The lowest BCUT2D eigenvalue weighted by Gasteiger charge is -2.31. The molecule has 0 radical (unpaired) electrons. The Morgan fingerprint density at radius 2 is 1.57 bits per heavy atom. The summed E-state index contributed by atoms with van der Waals surface area (Å²) in [5.41, 5.74) is 8.64. The van der Waals surface area contributed by atoms with Crippen LogP contribution in [0.3, 0.4) is 0 Å². The van der Waals surface area contributed by atoms with E-state index in [4.69, 9.17) is 5.73 Å². The van der Waals surface area contributed by atoms with E-state index in [1.54, 1.807) is 12.1 Å². The van der Waals surface area contributed by atoms with Gasteiger partial charge in [0.25, 0.3) is 0 Å². The molecule has 0 aliphatic carbocycles. The molecule has 0 fully saturated rings. The SMILES string of the molecule is CCc1ccc(CC(CN)(CO)c2ccc(F)cc2)cc1. The molecule has 0 aliphatic heterocycles. The first-order chi connectivity index (χ1) is 10.1. The highest BCUT2D eigenvalue weighted by Gasteiger charge is 2.30. The zero-order chi connectivity index (χ0) is 15.3. The second kappa shape index (κ2) is 6.83. The first kappa shape index (κ1) is 15.7.